The molecular weight excluding hydrogens is 300 g/mol. The number of aromatic amines is 1. The Balaban J connectivity index is 1.47. The molecule has 0 atom stereocenters. The van der Waals surface area contributed by atoms with Gasteiger partial charge >= 0.3 is 0 Å². The van der Waals surface area contributed by atoms with E-state index in [0.29, 0.717) is 5.02 Å². The lowest BCUT2D eigenvalue weighted by Crippen LogP contribution is -2.51. The Bertz CT molecular complexity index is 632. The van der Waals surface area contributed by atoms with Crippen molar-refractivity contribution in [2.75, 3.05) is 6.54 Å². The van der Waals surface area contributed by atoms with Crippen molar-refractivity contribution < 1.29 is 4.79 Å². The standard InChI is InChI=1S/C17H21ClN2O2/c18-14-8-19-15(21)4-13(14)16(22)20-9-17-5-10-1-11(6-17)3-12(2-10)7-17/h4,8,10-12H,1-3,5-7,9H2,(H,19,21)(H,20,22). The molecule has 1 heterocycles. The Morgan fingerprint density at radius 2 is 1.82 bits per heavy atom. The van der Waals surface area contributed by atoms with Gasteiger partial charge in [0, 0.05) is 18.8 Å². The van der Waals surface area contributed by atoms with E-state index in [2.05, 4.69) is 10.3 Å². The number of rotatable bonds is 3. The van der Waals surface area contributed by atoms with Gasteiger partial charge in [0.2, 0.25) is 5.56 Å². The first-order chi connectivity index (χ1) is 10.5. The molecule has 4 saturated carbocycles. The van der Waals surface area contributed by atoms with Crippen LogP contribution in [0.3, 0.4) is 0 Å². The molecule has 5 heteroatoms. The van der Waals surface area contributed by atoms with Gasteiger partial charge in [0.25, 0.3) is 5.91 Å². The summed E-state index contributed by atoms with van der Waals surface area (Å²) >= 11 is 6.01. The van der Waals surface area contributed by atoms with Gasteiger partial charge in [-0.25, -0.2) is 0 Å². The highest BCUT2D eigenvalue weighted by molar-refractivity contribution is 6.33. The molecule has 5 rings (SSSR count). The lowest BCUT2D eigenvalue weighted by atomic mass is 9.49. The summed E-state index contributed by atoms with van der Waals surface area (Å²) in [4.78, 5) is 26.2. The number of nitrogens with one attached hydrogen (secondary N) is 2. The molecule has 4 fully saturated rings. The largest absolute Gasteiger partial charge is 0.351 e. The normalized spacial score (nSPS) is 35.6. The van der Waals surface area contributed by atoms with Gasteiger partial charge in [-0.05, 0) is 61.7 Å². The fourth-order valence-corrected chi connectivity index (χ4v) is 5.69. The summed E-state index contributed by atoms with van der Waals surface area (Å²) in [5.74, 6) is 2.37. The summed E-state index contributed by atoms with van der Waals surface area (Å²) in [5, 5.41) is 3.34. The van der Waals surface area contributed by atoms with Gasteiger partial charge in [0.15, 0.2) is 0 Å². The van der Waals surface area contributed by atoms with Crippen LogP contribution in [0, 0.1) is 23.2 Å². The highest BCUT2D eigenvalue weighted by Crippen LogP contribution is 2.59. The fourth-order valence-electron chi connectivity index (χ4n) is 5.50. The van der Waals surface area contributed by atoms with Crippen molar-refractivity contribution in [3.8, 4) is 0 Å². The zero-order valence-electron chi connectivity index (χ0n) is 12.5. The lowest BCUT2D eigenvalue weighted by molar-refractivity contribution is -0.0503. The van der Waals surface area contributed by atoms with Crippen molar-refractivity contribution >= 4 is 17.5 Å². The number of hydrogen-bond acceptors (Lipinski definition) is 2. The number of pyridine rings is 1. The monoisotopic (exact) mass is 320 g/mol. The third-order valence-electron chi connectivity index (χ3n) is 5.91. The van der Waals surface area contributed by atoms with Crippen molar-refractivity contribution in [1.82, 2.24) is 10.3 Å². The summed E-state index contributed by atoms with van der Waals surface area (Å²) in [7, 11) is 0. The predicted molar refractivity (Wildman–Crippen MR) is 85.0 cm³/mol. The second-order valence-corrected chi connectivity index (χ2v) is 8.07. The van der Waals surface area contributed by atoms with E-state index in [0.717, 1.165) is 24.3 Å². The maximum absolute atomic E-state index is 12.4. The van der Waals surface area contributed by atoms with Crippen LogP contribution in [0.5, 0.6) is 0 Å². The first-order valence-corrected chi connectivity index (χ1v) is 8.57. The molecule has 1 amide bonds. The molecule has 0 aliphatic heterocycles. The molecule has 4 nitrogen and oxygen atoms in total. The second kappa shape index (κ2) is 5.12. The van der Waals surface area contributed by atoms with Crippen molar-refractivity contribution in [2.45, 2.75) is 38.5 Å². The molecule has 2 N–H and O–H groups in total. The highest BCUT2D eigenvalue weighted by Gasteiger charge is 2.50. The molecule has 0 radical (unpaired) electrons. The van der Waals surface area contributed by atoms with Crippen LogP contribution in [0.4, 0.5) is 0 Å². The Kier molecular flexibility index (Phi) is 3.33. The fraction of sp³-hybridized carbons (Fsp3) is 0.647. The van der Waals surface area contributed by atoms with Gasteiger partial charge in [-0.2, -0.15) is 0 Å². The minimum Gasteiger partial charge on any atom is -0.351 e. The number of aromatic nitrogens is 1. The summed E-state index contributed by atoms with van der Waals surface area (Å²) in [6, 6.07) is 1.28. The summed E-state index contributed by atoms with van der Waals surface area (Å²) in [6.45, 7) is 0.721. The van der Waals surface area contributed by atoms with Crippen molar-refractivity contribution in [3.63, 3.8) is 0 Å². The molecule has 4 bridgehead atoms. The average molecular weight is 321 g/mol. The molecule has 0 unspecified atom stereocenters. The summed E-state index contributed by atoms with van der Waals surface area (Å²) in [6.07, 6.45) is 9.32. The van der Waals surface area contributed by atoms with Crippen LogP contribution in [0.2, 0.25) is 5.02 Å². The molecule has 4 aliphatic carbocycles. The van der Waals surface area contributed by atoms with Crippen LogP contribution >= 0.6 is 11.6 Å². The van der Waals surface area contributed by atoms with E-state index in [4.69, 9.17) is 11.6 Å². The maximum atomic E-state index is 12.4. The zero-order valence-corrected chi connectivity index (χ0v) is 13.3. The third-order valence-corrected chi connectivity index (χ3v) is 6.22. The summed E-state index contributed by atoms with van der Waals surface area (Å²) < 4.78 is 0. The smallest absolute Gasteiger partial charge is 0.253 e. The topological polar surface area (TPSA) is 62.0 Å². The Labute approximate surface area is 134 Å². The molecule has 1 aromatic heterocycles. The van der Waals surface area contributed by atoms with Gasteiger partial charge in [0.05, 0.1) is 10.6 Å². The van der Waals surface area contributed by atoms with Gasteiger partial charge < -0.3 is 10.3 Å². The van der Waals surface area contributed by atoms with Gasteiger partial charge in [-0.15, -0.1) is 0 Å². The Hall–Kier alpha value is -1.29. The highest BCUT2D eigenvalue weighted by atomic mass is 35.5. The number of halogens is 1. The van der Waals surface area contributed by atoms with Crippen molar-refractivity contribution in [1.29, 1.82) is 0 Å². The van der Waals surface area contributed by atoms with Crippen LogP contribution in [0.15, 0.2) is 17.1 Å². The number of amides is 1. The van der Waals surface area contributed by atoms with E-state index < -0.39 is 0 Å². The quantitative estimate of drug-likeness (QED) is 0.899. The predicted octanol–water partition coefficient (Wildman–Crippen LogP) is 2.97. The molecule has 4 aliphatic rings. The van der Waals surface area contributed by atoms with Crippen LogP contribution in [0.1, 0.15) is 48.9 Å². The minimum absolute atomic E-state index is 0.230. The van der Waals surface area contributed by atoms with E-state index in [-0.39, 0.29) is 22.4 Å². The third kappa shape index (κ3) is 2.47. The van der Waals surface area contributed by atoms with Crippen molar-refractivity contribution in [2.24, 2.45) is 23.2 Å². The number of carbonyl (C=O) groups excluding carboxylic acids is 1. The lowest BCUT2D eigenvalue weighted by Gasteiger charge is -2.56. The van der Waals surface area contributed by atoms with Gasteiger partial charge in [-0.3, -0.25) is 9.59 Å². The van der Waals surface area contributed by atoms with E-state index >= 15 is 0 Å². The van der Waals surface area contributed by atoms with Crippen LogP contribution in [-0.2, 0) is 0 Å². The second-order valence-electron chi connectivity index (χ2n) is 7.66. The number of hydrogen-bond donors (Lipinski definition) is 2. The molecular formula is C17H21ClN2O2. The molecule has 118 valence electrons. The molecule has 0 saturated heterocycles. The Morgan fingerprint density at radius 3 is 2.41 bits per heavy atom. The zero-order chi connectivity index (χ0) is 15.3. The number of carbonyl (C=O) groups is 1. The van der Waals surface area contributed by atoms with E-state index in [1.54, 1.807) is 0 Å². The van der Waals surface area contributed by atoms with Crippen LogP contribution in [-0.4, -0.2) is 17.4 Å². The van der Waals surface area contributed by atoms with Crippen LogP contribution < -0.4 is 10.9 Å². The van der Waals surface area contributed by atoms with E-state index in [1.165, 1.54) is 50.8 Å². The Morgan fingerprint density at radius 1 is 1.23 bits per heavy atom. The molecule has 0 spiro atoms. The molecule has 22 heavy (non-hydrogen) atoms. The molecule has 0 aromatic carbocycles. The van der Waals surface area contributed by atoms with Crippen LogP contribution in [0.25, 0.3) is 0 Å². The summed E-state index contributed by atoms with van der Waals surface area (Å²) in [5.41, 5.74) is 0.262. The average Bonchev–Trinajstić information content (AvgIpc) is 2.46. The first kappa shape index (κ1) is 14.3. The van der Waals surface area contributed by atoms with E-state index in [9.17, 15) is 9.59 Å². The first-order valence-electron chi connectivity index (χ1n) is 8.19. The van der Waals surface area contributed by atoms with Crippen molar-refractivity contribution in [3.05, 3.63) is 33.2 Å². The van der Waals surface area contributed by atoms with Gasteiger partial charge in [-0.1, -0.05) is 11.6 Å². The molecule has 1 aromatic rings. The SMILES string of the molecule is O=C(NCC12CC3CC(CC(C3)C1)C2)c1cc(=O)[nH]cc1Cl. The maximum Gasteiger partial charge on any atom is 0.253 e. The van der Waals surface area contributed by atoms with E-state index in [1.807, 2.05) is 0 Å². The number of H-pyrrole nitrogens is 1. The minimum atomic E-state index is -0.302. The van der Waals surface area contributed by atoms with Gasteiger partial charge in [0.1, 0.15) is 0 Å².